The molecule has 5 rings (SSSR count). The Kier molecular flexibility index (Phi) is 7.77. The fourth-order valence-electron chi connectivity index (χ4n) is 5.85. The van der Waals surface area contributed by atoms with Gasteiger partial charge in [-0.2, -0.15) is 0 Å². The summed E-state index contributed by atoms with van der Waals surface area (Å²) in [5.41, 5.74) is 1.31. The number of amides is 2. The maximum absolute atomic E-state index is 14.1. The number of piperazine rings is 1. The van der Waals surface area contributed by atoms with Gasteiger partial charge in [0.1, 0.15) is 5.82 Å². The molecular weight excluding hydrogens is 479 g/mol. The molecule has 2 aromatic carbocycles. The molecule has 0 radical (unpaired) electrons. The van der Waals surface area contributed by atoms with Crippen LogP contribution in [0.15, 0.2) is 48.5 Å². The van der Waals surface area contributed by atoms with Gasteiger partial charge in [0, 0.05) is 61.8 Å². The van der Waals surface area contributed by atoms with Gasteiger partial charge in [0.05, 0.1) is 5.69 Å². The third-order valence-corrected chi connectivity index (χ3v) is 8.27. The van der Waals surface area contributed by atoms with Crippen LogP contribution in [0.25, 0.3) is 0 Å². The van der Waals surface area contributed by atoms with Crippen LogP contribution >= 0.6 is 11.6 Å². The van der Waals surface area contributed by atoms with Crippen LogP contribution in [0.2, 0.25) is 5.02 Å². The van der Waals surface area contributed by atoms with E-state index in [-0.39, 0.29) is 23.5 Å². The van der Waals surface area contributed by atoms with Crippen LogP contribution in [0.3, 0.4) is 0 Å². The maximum atomic E-state index is 14.1. The standard InChI is InChI=1S/C28H34ClFN4O2/c29-23-7-5-21(6-8-23)27(35)33-15-11-24(12-16-33)31-13-9-22(10-14-31)28(36)34-19-17-32(18-20-34)26-4-2-1-3-25(26)30/h1-8,22,24H,9-20H2. The summed E-state index contributed by atoms with van der Waals surface area (Å²) in [4.78, 5) is 34.4. The second-order valence-electron chi connectivity index (χ2n) is 10.1. The average molecular weight is 513 g/mol. The van der Waals surface area contributed by atoms with E-state index in [1.54, 1.807) is 36.4 Å². The Hall–Kier alpha value is -2.64. The first kappa shape index (κ1) is 25.0. The minimum atomic E-state index is -0.204. The number of carbonyl (C=O) groups excluding carboxylic acids is 2. The molecule has 3 aliphatic heterocycles. The Morgan fingerprint density at radius 2 is 1.39 bits per heavy atom. The molecule has 0 saturated carbocycles. The molecule has 3 heterocycles. The van der Waals surface area contributed by atoms with Gasteiger partial charge < -0.3 is 19.6 Å². The highest BCUT2D eigenvalue weighted by Crippen LogP contribution is 2.27. The van der Waals surface area contributed by atoms with Crippen LogP contribution in [-0.2, 0) is 4.79 Å². The lowest BCUT2D eigenvalue weighted by atomic mass is 9.92. The van der Waals surface area contributed by atoms with Crippen molar-refractivity contribution in [2.24, 2.45) is 5.92 Å². The predicted molar refractivity (Wildman–Crippen MR) is 140 cm³/mol. The van der Waals surface area contributed by atoms with Crippen molar-refractivity contribution >= 4 is 29.1 Å². The van der Waals surface area contributed by atoms with Crippen LogP contribution in [0.1, 0.15) is 36.0 Å². The zero-order chi connectivity index (χ0) is 25.1. The summed E-state index contributed by atoms with van der Waals surface area (Å²) < 4.78 is 14.1. The summed E-state index contributed by atoms with van der Waals surface area (Å²) in [5, 5.41) is 0.636. The van der Waals surface area contributed by atoms with Crippen LogP contribution in [0.4, 0.5) is 10.1 Å². The van der Waals surface area contributed by atoms with E-state index in [1.807, 2.05) is 20.8 Å². The number of nitrogens with zero attached hydrogens (tertiary/aromatic N) is 4. The smallest absolute Gasteiger partial charge is 0.253 e. The summed E-state index contributed by atoms with van der Waals surface area (Å²) in [6, 6.07) is 14.4. The van der Waals surface area contributed by atoms with E-state index >= 15 is 0 Å². The minimum Gasteiger partial charge on any atom is -0.366 e. The van der Waals surface area contributed by atoms with Crippen molar-refractivity contribution in [3.63, 3.8) is 0 Å². The Morgan fingerprint density at radius 1 is 0.750 bits per heavy atom. The third kappa shape index (κ3) is 5.52. The summed E-state index contributed by atoms with van der Waals surface area (Å²) in [6.45, 7) is 6.01. The molecule has 3 saturated heterocycles. The molecule has 8 heteroatoms. The number of benzene rings is 2. The summed E-state index contributed by atoms with van der Waals surface area (Å²) in [5.74, 6) is 0.202. The Balaban J connectivity index is 1.06. The van der Waals surface area contributed by atoms with Crippen molar-refractivity contribution in [1.29, 1.82) is 0 Å². The van der Waals surface area contributed by atoms with E-state index in [1.165, 1.54) is 6.07 Å². The lowest BCUT2D eigenvalue weighted by Gasteiger charge is -2.43. The first-order valence-corrected chi connectivity index (χ1v) is 13.4. The Labute approximate surface area is 217 Å². The first-order valence-electron chi connectivity index (χ1n) is 13.1. The normalized spacial score (nSPS) is 20.6. The summed E-state index contributed by atoms with van der Waals surface area (Å²) in [7, 11) is 0. The molecule has 0 aliphatic carbocycles. The topological polar surface area (TPSA) is 47.1 Å². The highest BCUT2D eigenvalue weighted by Gasteiger charge is 2.34. The number of carbonyl (C=O) groups is 2. The average Bonchev–Trinajstić information content (AvgIpc) is 2.93. The molecule has 6 nitrogen and oxygen atoms in total. The van der Waals surface area contributed by atoms with E-state index in [2.05, 4.69) is 4.90 Å². The molecule has 0 N–H and O–H groups in total. The molecule has 36 heavy (non-hydrogen) atoms. The van der Waals surface area contributed by atoms with Crippen molar-refractivity contribution in [3.05, 3.63) is 64.9 Å². The number of rotatable bonds is 4. The van der Waals surface area contributed by atoms with Crippen LogP contribution in [-0.4, -0.2) is 84.9 Å². The molecular formula is C28H34ClFN4O2. The quantitative estimate of drug-likeness (QED) is 0.617. The minimum absolute atomic E-state index is 0.0736. The monoisotopic (exact) mass is 512 g/mol. The lowest BCUT2D eigenvalue weighted by Crippen LogP contribution is -2.53. The second kappa shape index (κ2) is 11.2. The van der Waals surface area contributed by atoms with Crippen LogP contribution < -0.4 is 4.90 Å². The molecule has 2 amide bonds. The molecule has 0 unspecified atom stereocenters. The number of likely N-dealkylation sites (tertiary alicyclic amines) is 2. The molecule has 192 valence electrons. The fraction of sp³-hybridized carbons (Fsp3) is 0.500. The van der Waals surface area contributed by atoms with Gasteiger partial charge >= 0.3 is 0 Å². The first-order chi connectivity index (χ1) is 17.5. The van der Waals surface area contributed by atoms with Gasteiger partial charge in [0.15, 0.2) is 0 Å². The number of hydrogen-bond donors (Lipinski definition) is 0. The number of hydrogen-bond acceptors (Lipinski definition) is 4. The van der Waals surface area contributed by atoms with E-state index in [9.17, 15) is 14.0 Å². The second-order valence-corrected chi connectivity index (χ2v) is 10.5. The van der Waals surface area contributed by atoms with Crippen molar-refractivity contribution in [1.82, 2.24) is 14.7 Å². The van der Waals surface area contributed by atoms with Gasteiger partial charge in [-0.05, 0) is 75.2 Å². The SMILES string of the molecule is O=C(c1ccc(Cl)cc1)N1CCC(N2CCC(C(=O)N3CCN(c4ccccc4F)CC3)CC2)CC1. The van der Waals surface area contributed by atoms with Gasteiger partial charge in [-0.25, -0.2) is 4.39 Å². The lowest BCUT2D eigenvalue weighted by molar-refractivity contribution is -0.137. The molecule has 0 aromatic heterocycles. The zero-order valence-corrected chi connectivity index (χ0v) is 21.4. The number of para-hydroxylation sites is 1. The van der Waals surface area contributed by atoms with Crippen LogP contribution in [0.5, 0.6) is 0 Å². The molecule has 0 bridgehead atoms. The van der Waals surface area contributed by atoms with Gasteiger partial charge in [-0.3, -0.25) is 9.59 Å². The highest BCUT2D eigenvalue weighted by molar-refractivity contribution is 6.30. The number of piperidine rings is 2. The maximum Gasteiger partial charge on any atom is 0.253 e. The predicted octanol–water partition coefficient (Wildman–Crippen LogP) is 4.14. The van der Waals surface area contributed by atoms with Gasteiger partial charge in [0.2, 0.25) is 5.91 Å². The zero-order valence-electron chi connectivity index (χ0n) is 20.6. The van der Waals surface area contributed by atoms with Crippen molar-refractivity contribution in [3.8, 4) is 0 Å². The van der Waals surface area contributed by atoms with E-state index < -0.39 is 0 Å². The summed E-state index contributed by atoms with van der Waals surface area (Å²) >= 11 is 5.95. The fourth-order valence-corrected chi connectivity index (χ4v) is 5.98. The molecule has 0 spiro atoms. The van der Waals surface area contributed by atoms with E-state index in [4.69, 9.17) is 11.6 Å². The summed E-state index contributed by atoms with van der Waals surface area (Å²) in [6.07, 6.45) is 3.71. The van der Waals surface area contributed by atoms with Gasteiger partial charge in [0.25, 0.3) is 5.91 Å². The Bertz CT molecular complexity index is 1060. The van der Waals surface area contributed by atoms with E-state index in [0.717, 1.165) is 51.9 Å². The Morgan fingerprint density at radius 3 is 2.03 bits per heavy atom. The largest absolute Gasteiger partial charge is 0.366 e. The van der Waals surface area contributed by atoms with Gasteiger partial charge in [-0.15, -0.1) is 0 Å². The van der Waals surface area contributed by atoms with Crippen molar-refractivity contribution < 1.29 is 14.0 Å². The molecule has 3 aliphatic rings. The molecule has 3 fully saturated rings. The highest BCUT2D eigenvalue weighted by atomic mass is 35.5. The van der Waals surface area contributed by atoms with Crippen LogP contribution in [0, 0.1) is 11.7 Å². The van der Waals surface area contributed by atoms with Crippen molar-refractivity contribution in [2.45, 2.75) is 31.7 Å². The molecule has 0 atom stereocenters. The third-order valence-electron chi connectivity index (χ3n) is 8.02. The number of halogens is 2. The number of anilines is 1. The van der Waals surface area contributed by atoms with E-state index in [0.29, 0.717) is 48.5 Å². The van der Waals surface area contributed by atoms with Gasteiger partial charge in [-0.1, -0.05) is 23.7 Å². The van der Waals surface area contributed by atoms with Crippen molar-refractivity contribution in [2.75, 3.05) is 57.3 Å². The molecule has 2 aromatic rings.